The second kappa shape index (κ2) is 6.27. The minimum atomic E-state index is -0.645. The third-order valence-electron chi connectivity index (χ3n) is 3.81. The van der Waals surface area contributed by atoms with Crippen LogP contribution >= 0.6 is 0 Å². The average molecular weight is 277 g/mol. The lowest BCUT2D eigenvalue weighted by atomic mass is 9.91. The minimum absolute atomic E-state index is 0.107. The molecule has 1 saturated heterocycles. The summed E-state index contributed by atoms with van der Waals surface area (Å²) in [5.41, 5.74) is 0.558. The fourth-order valence-electron chi connectivity index (χ4n) is 2.27. The number of rotatable bonds is 6. The topological polar surface area (TPSA) is 49.8 Å². The molecule has 4 heteroatoms. The Labute approximate surface area is 120 Å². The first kappa shape index (κ1) is 14.9. The summed E-state index contributed by atoms with van der Waals surface area (Å²) in [6.07, 6.45) is 1.88. The fourth-order valence-corrected chi connectivity index (χ4v) is 2.27. The van der Waals surface area contributed by atoms with E-state index in [4.69, 9.17) is 4.74 Å². The van der Waals surface area contributed by atoms with Crippen LogP contribution in [0.4, 0.5) is 0 Å². The summed E-state index contributed by atoms with van der Waals surface area (Å²) in [6.45, 7) is 5.47. The quantitative estimate of drug-likeness (QED) is 0.810. The first-order valence-electron chi connectivity index (χ1n) is 7.22. The first-order valence-corrected chi connectivity index (χ1v) is 7.22. The zero-order chi connectivity index (χ0) is 14.6. The highest BCUT2D eigenvalue weighted by Crippen LogP contribution is 2.24. The van der Waals surface area contributed by atoms with Crippen LogP contribution in [0.5, 0.6) is 5.75 Å². The van der Waals surface area contributed by atoms with Crippen LogP contribution in [0.3, 0.4) is 0 Å². The summed E-state index contributed by atoms with van der Waals surface area (Å²) >= 11 is 0. The molecule has 1 N–H and O–H groups in total. The van der Waals surface area contributed by atoms with Gasteiger partial charge in [0.25, 0.3) is 0 Å². The molecule has 0 radical (unpaired) electrons. The maximum atomic E-state index is 11.8. The number of carbonyl (C=O) groups is 1. The van der Waals surface area contributed by atoms with Crippen molar-refractivity contribution in [2.24, 2.45) is 0 Å². The van der Waals surface area contributed by atoms with Gasteiger partial charge in [-0.15, -0.1) is 0 Å². The molecule has 1 aromatic carbocycles. The van der Waals surface area contributed by atoms with Crippen molar-refractivity contribution in [1.29, 1.82) is 0 Å². The molecule has 0 aromatic heterocycles. The summed E-state index contributed by atoms with van der Waals surface area (Å²) in [5.74, 6) is 0.947. The zero-order valence-electron chi connectivity index (χ0n) is 12.3. The van der Waals surface area contributed by atoms with E-state index in [-0.39, 0.29) is 5.91 Å². The maximum absolute atomic E-state index is 11.8. The molecular formula is C16H23NO3. The molecule has 1 aliphatic heterocycles. The second-order valence-electron chi connectivity index (χ2n) is 5.59. The number of carbonyl (C=O) groups excluding carboxylic acids is 1. The van der Waals surface area contributed by atoms with Crippen LogP contribution in [0.2, 0.25) is 0 Å². The summed E-state index contributed by atoms with van der Waals surface area (Å²) in [6, 6.07) is 7.89. The Morgan fingerprint density at radius 1 is 1.35 bits per heavy atom. The lowest BCUT2D eigenvalue weighted by Gasteiger charge is -2.46. The number of aryl methyl sites for hydroxylation is 1. The SMILES string of the molecule is CCC1(O)CN(C(=O)CCCOc2ccc(C)cc2)C1. The van der Waals surface area contributed by atoms with Gasteiger partial charge in [0.05, 0.1) is 25.3 Å². The molecule has 0 saturated carbocycles. The van der Waals surface area contributed by atoms with Crippen LogP contribution in [0.25, 0.3) is 0 Å². The maximum Gasteiger partial charge on any atom is 0.222 e. The van der Waals surface area contributed by atoms with Crippen LogP contribution in [-0.4, -0.2) is 41.2 Å². The van der Waals surface area contributed by atoms with Gasteiger partial charge in [-0.1, -0.05) is 24.6 Å². The van der Waals surface area contributed by atoms with Crippen LogP contribution in [-0.2, 0) is 4.79 Å². The summed E-state index contributed by atoms with van der Waals surface area (Å²) < 4.78 is 5.58. The smallest absolute Gasteiger partial charge is 0.222 e. The van der Waals surface area contributed by atoms with Gasteiger partial charge in [-0.05, 0) is 31.9 Å². The Morgan fingerprint density at radius 2 is 2.00 bits per heavy atom. The molecule has 4 nitrogen and oxygen atoms in total. The van der Waals surface area contributed by atoms with E-state index in [1.807, 2.05) is 38.1 Å². The summed E-state index contributed by atoms with van der Waals surface area (Å²) in [4.78, 5) is 13.6. The number of hydrogen-bond acceptors (Lipinski definition) is 3. The molecule has 0 unspecified atom stereocenters. The van der Waals surface area contributed by atoms with Crippen LogP contribution in [0.15, 0.2) is 24.3 Å². The van der Waals surface area contributed by atoms with E-state index in [2.05, 4.69) is 0 Å². The van der Waals surface area contributed by atoms with Gasteiger partial charge >= 0.3 is 0 Å². The van der Waals surface area contributed by atoms with Gasteiger partial charge in [-0.25, -0.2) is 0 Å². The average Bonchev–Trinajstić information content (AvgIpc) is 2.41. The Bertz CT molecular complexity index is 449. The fraction of sp³-hybridized carbons (Fsp3) is 0.562. The number of amides is 1. The summed E-state index contributed by atoms with van der Waals surface area (Å²) in [7, 11) is 0. The van der Waals surface area contributed by atoms with Crippen molar-refractivity contribution in [3.8, 4) is 5.75 Å². The lowest BCUT2D eigenvalue weighted by Crippen LogP contribution is -2.63. The van der Waals surface area contributed by atoms with Gasteiger partial charge in [0.2, 0.25) is 5.91 Å². The van der Waals surface area contributed by atoms with E-state index in [0.717, 1.165) is 5.75 Å². The van der Waals surface area contributed by atoms with E-state index in [9.17, 15) is 9.90 Å². The van der Waals surface area contributed by atoms with Crippen LogP contribution < -0.4 is 4.74 Å². The van der Waals surface area contributed by atoms with Gasteiger partial charge in [-0.3, -0.25) is 4.79 Å². The summed E-state index contributed by atoms with van der Waals surface area (Å²) in [5, 5.41) is 9.86. The van der Waals surface area contributed by atoms with Crippen molar-refractivity contribution in [2.75, 3.05) is 19.7 Å². The molecule has 0 bridgehead atoms. The monoisotopic (exact) mass is 277 g/mol. The van der Waals surface area contributed by atoms with Crippen molar-refractivity contribution in [3.63, 3.8) is 0 Å². The highest BCUT2D eigenvalue weighted by Gasteiger charge is 2.41. The number of nitrogens with zero attached hydrogens (tertiary/aromatic N) is 1. The van der Waals surface area contributed by atoms with Crippen LogP contribution in [0.1, 0.15) is 31.7 Å². The Hall–Kier alpha value is -1.55. The van der Waals surface area contributed by atoms with E-state index < -0.39 is 5.60 Å². The van der Waals surface area contributed by atoms with Crippen molar-refractivity contribution in [1.82, 2.24) is 4.90 Å². The number of hydrogen-bond donors (Lipinski definition) is 1. The van der Waals surface area contributed by atoms with Crippen molar-refractivity contribution in [3.05, 3.63) is 29.8 Å². The van der Waals surface area contributed by atoms with Gasteiger partial charge in [0.15, 0.2) is 0 Å². The van der Waals surface area contributed by atoms with Crippen molar-refractivity contribution in [2.45, 2.75) is 38.7 Å². The molecule has 0 atom stereocenters. The molecule has 1 aliphatic rings. The number of ether oxygens (including phenoxy) is 1. The number of aliphatic hydroxyl groups is 1. The predicted molar refractivity (Wildman–Crippen MR) is 77.7 cm³/mol. The molecule has 0 aliphatic carbocycles. The highest BCUT2D eigenvalue weighted by molar-refractivity contribution is 5.77. The Morgan fingerprint density at radius 3 is 2.60 bits per heavy atom. The van der Waals surface area contributed by atoms with Gasteiger partial charge in [0.1, 0.15) is 5.75 Å². The number of benzene rings is 1. The molecule has 0 spiro atoms. The predicted octanol–water partition coefficient (Wildman–Crippen LogP) is 2.14. The first-order chi connectivity index (χ1) is 9.52. The third kappa shape index (κ3) is 3.73. The molecule has 110 valence electrons. The van der Waals surface area contributed by atoms with Gasteiger partial charge in [-0.2, -0.15) is 0 Å². The molecular weight excluding hydrogens is 254 g/mol. The molecule has 20 heavy (non-hydrogen) atoms. The molecule has 1 amide bonds. The van der Waals surface area contributed by atoms with Gasteiger partial charge < -0.3 is 14.7 Å². The second-order valence-corrected chi connectivity index (χ2v) is 5.59. The standard InChI is InChI=1S/C16H23NO3/c1-3-16(19)11-17(12-16)15(18)5-4-10-20-14-8-6-13(2)7-9-14/h6-9,19H,3-5,10-12H2,1-2H3. The van der Waals surface area contributed by atoms with Crippen LogP contribution in [0, 0.1) is 6.92 Å². The molecule has 1 aromatic rings. The molecule has 2 rings (SSSR count). The lowest BCUT2D eigenvalue weighted by molar-refractivity contribution is -0.155. The number of likely N-dealkylation sites (tertiary alicyclic amines) is 1. The van der Waals surface area contributed by atoms with E-state index in [1.165, 1.54) is 5.56 Å². The Balaban J connectivity index is 1.62. The molecule has 1 fully saturated rings. The van der Waals surface area contributed by atoms with E-state index in [1.54, 1.807) is 4.90 Å². The largest absolute Gasteiger partial charge is 0.494 e. The Kier molecular flexibility index (Phi) is 4.65. The third-order valence-corrected chi connectivity index (χ3v) is 3.81. The van der Waals surface area contributed by atoms with Crippen molar-refractivity contribution < 1.29 is 14.6 Å². The zero-order valence-corrected chi connectivity index (χ0v) is 12.3. The normalized spacial score (nSPS) is 16.6. The van der Waals surface area contributed by atoms with Gasteiger partial charge in [0, 0.05) is 6.42 Å². The van der Waals surface area contributed by atoms with E-state index in [0.29, 0.717) is 39.0 Å². The molecule has 1 heterocycles. The highest BCUT2D eigenvalue weighted by atomic mass is 16.5. The van der Waals surface area contributed by atoms with E-state index >= 15 is 0 Å². The minimum Gasteiger partial charge on any atom is -0.494 e. The van der Waals surface area contributed by atoms with Crippen molar-refractivity contribution >= 4 is 5.91 Å². The number of β-amino-alcohol motifs (C(OH)–C–C–N with tert-alkyl or cyclic N) is 1.